The van der Waals surface area contributed by atoms with E-state index in [0.717, 1.165) is 50.5 Å². The number of benzene rings is 2. The molecule has 1 fully saturated rings. The van der Waals surface area contributed by atoms with Gasteiger partial charge in [-0.1, -0.05) is 43.3 Å². The molecule has 1 heterocycles. The van der Waals surface area contributed by atoms with Crippen molar-refractivity contribution < 1.29 is 9.53 Å². The van der Waals surface area contributed by atoms with Crippen molar-refractivity contribution in [1.82, 2.24) is 10.2 Å². The molecule has 0 aromatic heterocycles. The van der Waals surface area contributed by atoms with E-state index in [4.69, 9.17) is 4.74 Å². The van der Waals surface area contributed by atoms with Crippen molar-refractivity contribution in [3.8, 4) is 0 Å². The van der Waals surface area contributed by atoms with Crippen LogP contribution >= 0.6 is 0 Å². The zero-order valence-corrected chi connectivity index (χ0v) is 15.3. The Hall–Kier alpha value is -2.37. The number of ether oxygens (including phenoxy) is 1. The van der Waals surface area contributed by atoms with Gasteiger partial charge in [-0.25, -0.2) is 4.79 Å². The van der Waals surface area contributed by atoms with Gasteiger partial charge in [0.15, 0.2) is 0 Å². The number of amides is 2. The number of nitrogens with one attached hydrogen (secondary N) is 2. The molecule has 0 saturated carbocycles. The van der Waals surface area contributed by atoms with Crippen molar-refractivity contribution in [3.05, 3.63) is 65.2 Å². The second kappa shape index (κ2) is 9.36. The topological polar surface area (TPSA) is 53.6 Å². The lowest BCUT2D eigenvalue weighted by molar-refractivity contribution is 0.0342. The molecule has 5 heteroatoms. The number of aryl methyl sites for hydroxylation is 1. The van der Waals surface area contributed by atoms with Gasteiger partial charge >= 0.3 is 6.03 Å². The number of urea groups is 1. The van der Waals surface area contributed by atoms with Crippen LogP contribution in [0.4, 0.5) is 10.5 Å². The van der Waals surface area contributed by atoms with Gasteiger partial charge in [0.25, 0.3) is 0 Å². The molecule has 1 aliphatic rings. The van der Waals surface area contributed by atoms with Gasteiger partial charge in [-0.3, -0.25) is 4.90 Å². The smallest absolute Gasteiger partial charge is 0.319 e. The molecule has 0 aliphatic carbocycles. The molecule has 26 heavy (non-hydrogen) atoms. The normalized spacial score (nSPS) is 14.8. The van der Waals surface area contributed by atoms with E-state index in [1.54, 1.807) is 0 Å². The number of carbonyl (C=O) groups is 1. The van der Waals surface area contributed by atoms with Gasteiger partial charge in [0.1, 0.15) is 0 Å². The van der Waals surface area contributed by atoms with Crippen LogP contribution < -0.4 is 10.6 Å². The second-order valence-electron chi connectivity index (χ2n) is 6.57. The maximum absolute atomic E-state index is 12.1. The standard InChI is InChI=1S/C21H27N3O2/c1-2-17-5-4-8-20(14-17)23-21(25)22-15-18-6-3-7-19(13-18)16-24-9-11-26-12-10-24/h3-8,13-14H,2,9-12,15-16H2,1H3,(H2,22,23,25). The molecule has 0 radical (unpaired) electrons. The molecule has 2 amide bonds. The van der Waals surface area contributed by atoms with E-state index >= 15 is 0 Å². The maximum atomic E-state index is 12.1. The third kappa shape index (κ3) is 5.58. The summed E-state index contributed by atoms with van der Waals surface area (Å²) in [5.74, 6) is 0. The SMILES string of the molecule is CCc1cccc(NC(=O)NCc2cccc(CN3CCOCC3)c2)c1. The zero-order chi connectivity index (χ0) is 18.2. The quantitative estimate of drug-likeness (QED) is 0.837. The average molecular weight is 353 g/mol. The van der Waals surface area contributed by atoms with E-state index < -0.39 is 0 Å². The minimum Gasteiger partial charge on any atom is -0.379 e. The van der Waals surface area contributed by atoms with Crippen molar-refractivity contribution in [2.45, 2.75) is 26.4 Å². The largest absolute Gasteiger partial charge is 0.379 e. The van der Waals surface area contributed by atoms with Crippen molar-refractivity contribution in [2.24, 2.45) is 0 Å². The van der Waals surface area contributed by atoms with Crippen LogP contribution in [-0.2, 0) is 24.2 Å². The van der Waals surface area contributed by atoms with Crippen LogP contribution in [-0.4, -0.2) is 37.2 Å². The van der Waals surface area contributed by atoms with Gasteiger partial charge in [-0.05, 0) is 35.2 Å². The number of anilines is 1. The molecule has 5 nitrogen and oxygen atoms in total. The van der Waals surface area contributed by atoms with E-state index in [1.807, 2.05) is 24.3 Å². The van der Waals surface area contributed by atoms with Crippen LogP contribution in [0.5, 0.6) is 0 Å². The molecule has 2 N–H and O–H groups in total. The van der Waals surface area contributed by atoms with Gasteiger partial charge < -0.3 is 15.4 Å². The summed E-state index contributed by atoms with van der Waals surface area (Å²) in [7, 11) is 0. The van der Waals surface area contributed by atoms with Gasteiger partial charge in [0.05, 0.1) is 13.2 Å². The fourth-order valence-electron chi connectivity index (χ4n) is 3.08. The van der Waals surface area contributed by atoms with E-state index in [1.165, 1.54) is 11.1 Å². The molecule has 0 spiro atoms. The number of nitrogens with zero attached hydrogens (tertiary/aromatic N) is 1. The third-order valence-electron chi connectivity index (χ3n) is 4.55. The molecular weight excluding hydrogens is 326 g/mol. The first-order valence-corrected chi connectivity index (χ1v) is 9.24. The Morgan fingerprint density at radius 3 is 2.58 bits per heavy atom. The summed E-state index contributed by atoms with van der Waals surface area (Å²) in [5, 5.41) is 5.83. The van der Waals surface area contributed by atoms with Gasteiger partial charge in [0, 0.05) is 31.9 Å². The monoisotopic (exact) mass is 353 g/mol. The number of carbonyl (C=O) groups excluding carboxylic acids is 1. The number of hydrogen-bond acceptors (Lipinski definition) is 3. The molecule has 2 aromatic rings. The number of rotatable bonds is 6. The van der Waals surface area contributed by atoms with E-state index in [0.29, 0.717) is 6.54 Å². The Morgan fingerprint density at radius 2 is 1.77 bits per heavy atom. The summed E-state index contributed by atoms with van der Waals surface area (Å²) >= 11 is 0. The summed E-state index contributed by atoms with van der Waals surface area (Å²) in [4.78, 5) is 14.5. The first-order chi connectivity index (χ1) is 12.7. The van der Waals surface area contributed by atoms with Crippen LogP contribution in [0.3, 0.4) is 0 Å². The van der Waals surface area contributed by atoms with Crippen molar-refractivity contribution >= 4 is 11.7 Å². The third-order valence-corrected chi connectivity index (χ3v) is 4.55. The molecule has 2 aromatic carbocycles. The predicted molar refractivity (Wildman–Crippen MR) is 104 cm³/mol. The molecule has 0 unspecified atom stereocenters. The molecule has 3 rings (SSSR count). The van der Waals surface area contributed by atoms with Crippen molar-refractivity contribution in [1.29, 1.82) is 0 Å². The summed E-state index contributed by atoms with van der Waals surface area (Å²) < 4.78 is 5.39. The van der Waals surface area contributed by atoms with Gasteiger partial charge in [-0.15, -0.1) is 0 Å². The first-order valence-electron chi connectivity index (χ1n) is 9.24. The zero-order valence-electron chi connectivity index (χ0n) is 15.3. The Bertz CT molecular complexity index is 727. The highest BCUT2D eigenvalue weighted by molar-refractivity contribution is 5.89. The van der Waals surface area contributed by atoms with Crippen LogP contribution in [0.15, 0.2) is 48.5 Å². The Labute approximate surface area is 155 Å². The Balaban J connectivity index is 1.50. The van der Waals surface area contributed by atoms with Crippen LogP contribution in [0, 0.1) is 0 Å². The highest BCUT2D eigenvalue weighted by atomic mass is 16.5. The number of morpholine rings is 1. The van der Waals surface area contributed by atoms with E-state index in [-0.39, 0.29) is 6.03 Å². The van der Waals surface area contributed by atoms with Crippen LogP contribution in [0.25, 0.3) is 0 Å². The second-order valence-corrected chi connectivity index (χ2v) is 6.57. The summed E-state index contributed by atoms with van der Waals surface area (Å²) in [6.07, 6.45) is 0.951. The average Bonchev–Trinajstić information content (AvgIpc) is 2.68. The number of hydrogen-bond donors (Lipinski definition) is 2. The lowest BCUT2D eigenvalue weighted by atomic mass is 10.1. The molecule has 1 aliphatic heterocycles. The molecular formula is C21H27N3O2. The minimum absolute atomic E-state index is 0.183. The van der Waals surface area contributed by atoms with E-state index in [2.05, 4.69) is 46.7 Å². The summed E-state index contributed by atoms with van der Waals surface area (Å²) in [6.45, 7) is 7.09. The van der Waals surface area contributed by atoms with Gasteiger partial charge in [0.2, 0.25) is 0 Å². The summed E-state index contributed by atoms with van der Waals surface area (Å²) in [5.41, 5.74) is 4.40. The fourth-order valence-corrected chi connectivity index (χ4v) is 3.08. The minimum atomic E-state index is -0.183. The molecule has 138 valence electrons. The molecule has 0 bridgehead atoms. The predicted octanol–water partition coefficient (Wildman–Crippen LogP) is 3.40. The highest BCUT2D eigenvalue weighted by Gasteiger charge is 2.11. The van der Waals surface area contributed by atoms with E-state index in [9.17, 15) is 4.79 Å². The highest BCUT2D eigenvalue weighted by Crippen LogP contribution is 2.12. The van der Waals surface area contributed by atoms with Crippen molar-refractivity contribution in [2.75, 3.05) is 31.6 Å². The van der Waals surface area contributed by atoms with Crippen LogP contribution in [0.2, 0.25) is 0 Å². The molecule has 0 atom stereocenters. The molecule has 1 saturated heterocycles. The van der Waals surface area contributed by atoms with Crippen LogP contribution in [0.1, 0.15) is 23.6 Å². The Morgan fingerprint density at radius 1 is 1.04 bits per heavy atom. The maximum Gasteiger partial charge on any atom is 0.319 e. The summed E-state index contributed by atoms with van der Waals surface area (Å²) in [6, 6.07) is 16.1. The first kappa shape index (κ1) is 18.4. The lowest BCUT2D eigenvalue weighted by Crippen LogP contribution is -2.35. The Kier molecular flexibility index (Phi) is 6.63. The fraction of sp³-hybridized carbons (Fsp3) is 0.381. The van der Waals surface area contributed by atoms with Gasteiger partial charge in [-0.2, -0.15) is 0 Å². The lowest BCUT2D eigenvalue weighted by Gasteiger charge is -2.26. The van der Waals surface area contributed by atoms with Crippen molar-refractivity contribution in [3.63, 3.8) is 0 Å².